The second-order valence-electron chi connectivity index (χ2n) is 12.7. The van der Waals surface area contributed by atoms with Crippen LogP contribution in [0.5, 0.6) is 0 Å². The van der Waals surface area contributed by atoms with E-state index in [1.165, 1.54) is 5.56 Å². The van der Waals surface area contributed by atoms with Crippen molar-refractivity contribution in [2.45, 2.75) is 76.3 Å². The molecule has 0 unspecified atom stereocenters. The number of para-hydroxylation sites is 1. The number of piperidine rings is 1. The molecule has 0 radical (unpaired) electrons. The lowest BCUT2D eigenvalue weighted by atomic mass is 9.83. The highest BCUT2D eigenvalue weighted by atomic mass is 16.5. The van der Waals surface area contributed by atoms with Gasteiger partial charge in [-0.25, -0.2) is 0 Å². The number of hydrogen-bond donors (Lipinski definition) is 1. The van der Waals surface area contributed by atoms with Crippen LogP contribution in [0.25, 0.3) is 0 Å². The highest BCUT2D eigenvalue weighted by Gasteiger charge is 2.60. The predicted molar refractivity (Wildman–Crippen MR) is 167 cm³/mol. The van der Waals surface area contributed by atoms with E-state index in [4.69, 9.17) is 4.74 Å². The van der Waals surface area contributed by atoms with Gasteiger partial charge in [-0.05, 0) is 60.6 Å². The molecule has 228 valence electrons. The van der Waals surface area contributed by atoms with E-state index in [9.17, 15) is 19.5 Å². The Morgan fingerprint density at radius 2 is 1.80 bits per heavy atom. The first-order valence-electron chi connectivity index (χ1n) is 15.8. The molecular formula is C36H39N3O5. The third-order valence-corrected chi connectivity index (χ3v) is 10.00. The van der Waals surface area contributed by atoms with E-state index in [2.05, 4.69) is 6.07 Å². The first kappa shape index (κ1) is 28.7. The van der Waals surface area contributed by atoms with E-state index in [0.29, 0.717) is 38.9 Å². The molecule has 4 aliphatic rings. The van der Waals surface area contributed by atoms with Gasteiger partial charge in [-0.15, -0.1) is 0 Å². The minimum absolute atomic E-state index is 0.0625. The van der Waals surface area contributed by atoms with Crippen LogP contribution < -0.4 is 9.80 Å². The average Bonchev–Trinajstić information content (AvgIpc) is 3.49. The molecule has 4 aliphatic heterocycles. The number of fused-ring (bicyclic) bond motifs is 3. The zero-order valence-electron chi connectivity index (χ0n) is 25.2. The zero-order valence-corrected chi connectivity index (χ0v) is 25.2. The molecule has 3 aromatic rings. The molecular weight excluding hydrogens is 554 g/mol. The van der Waals surface area contributed by atoms with Crippen LogP contribution in [0.15, 0.2) is 72.8 Å². The van der Waals surface area contributed by atoms with Gasteiger partial charge in [-0.2, -0.15) is 0 Å². The number of nitrogens with zero attached hydrogens (tertiary/aromatic N) is 3. The van der Waals surface area contributed by atoms with Crippen molar-refractivity contribution in [2.75, 3.05) is 23.0 Å². The number of rotatable bonds is 6. The van der Waals surface area contributed by atoms with Crippen LogP contribution in [-0.2, 0) is 44.2 Å². The maximum absolute atomic E-state index is 14.4. The maximum Gasteiger partial charge on any atom is 0.264 e. The van der Waals surface area contributed by atoms with Crippen molar-refractivity contribution in [3.05, 3.63) is 95.1 Å². The summed E-state index contributed by atoms with van der Waals surface area (Å²) in [6, 6.07) is 23.5. The molecule has 7 rings (SSSR count). The summed E-state index contributed by atoms with van der Waals surface area (Å²) in [4.78, 5) is 46.1. The fraction of sp³-hybridized carbons (Fsp3) is 0.417. The van der Waals surface area contributed by atoms with Gasteiger partial charge < -0.3 is 24.5 Å². The van der Waals surface area contributed by atoms with Crippen molar-refractivity contribution in [3.63, 3.8) is 0 Å². The number of hydrogen-bond acceptors (Lipinski definition) is 5. The summed E-state index contributed by atoms with van der Waals surface area (Å²) >= 11 is 0. The molecule has 4 atom stereocenters. The van der Waals surface area contributed by atoms with Crippen molar-refractivity contribution in [3.8, 4) is 0 Å². The van der Waals surface area contributed by atoms with Gasteiger partial charge in [-0.3, -0.25) is 14.4 Å². The summed E-state index contributed by atoms with van der Waals surface area (Å²) in [6.07, 6.45) is 3.43. The van der Waals surface area contributed by atoms with Crippen LogP contribution >= 0.6 is 0 Å². The number of ether oxygens (including phenoxy) is 1. The second-order valence-corrected chi connectivity index (χ2v) is 12.7. The SMILES string of the molecule is C[C@@H]1C[C@H](CC(=O)N2Cc3ccccc3C[C@H]2CO)O[C@@]12C(=O)N(Cc1cccc(N3CCCCC3=O)c1)c1ccccc12. The zero-order chi connectivity index (χ0) is 30.4. The van der Waals surface area contributed by atoms with Gasteiger partial charge in [0, 0.05) is 36.7 Å². The molecule has 4 heterocycles. The van der Waals surface area contributed by atoms with Crippen molar-refractivity contribution in [2.24, 2.45) is 5.92 Å². The average molecular weight is 594 g/mol. The Balaban J connectivity index is 1.11. The van der Waals surface area contributed by atoms with E-state index in [1.54, 1.807) is 9.80 Å². The maximum atomic E-state index is 14.4. The number of anilines is 2. The van der Waals surface area contributed by atoms with Gasteiger partial charge in [0.2, 0.25) is 11.8 Å². The van der Waals surface area contributed by atoms with Gasteiger partial charge in [-0.1, -0.05) is 61.5 Å². The summed E-state index contributed by atoms with van der Waals surface area (Å²) in [5.41, 5.74) is 4.59. The van der Waals surface area contributed by atoms with Gasteiger partial charge in [0.1, 0.15) is 0 Å². The summed E-state index contributed by atoms with van der Waals surface area (Å²) in [5, 5.41) is 10.1. The summed E-state index contributed by atoms with van der Waals surface area (Å²) in [5.74, 6) is -0.164. The van der Waals surface area contributed by atoms with Crippen LogP contribution in [0, 0.1) is 5.92 Å². The number of carbonyl (C=O) groups is 3. The quantitative estimate of drug-likeness (QED) is 0.447. The molecule has 0 saturated carbocycles. The second kappa shape index (κ2) is 11.5. The fourth-order valence-corrected chi connectivity index (χ4v) is 7.75. The predicted octanol–water partition coefficient (Wildman–Crippen LogP) is 4.71. The van der Waals surface area contributed by atoms with Crippen molar-refractivity contribution >= 4 is 29.1 Å². The smallest absolute Gasteiger partial charge is 0.264 e. The van der Waals surface area contributed by atoms with E-state index < -0.39 is 11.7 Å². The van der Waals surface area contributed by atoms with Crippen molar-refractivity contribution < 1.29 is 24.2 Å². The molecule has 8 heteroatoms. The van der Waals surface area contributed by atoms with Crippen LogP contribution in [0.2, 0.25) is 0 Å². The number of amides is 3. The van der Waals surface area contributed by atoms with Crippen molar-refractivity contribution in [1.82, 2.24) is 4.90 Å². The molecule has 1 N–H and O–H groups in total. The number of benzene rings is 3. The molecule has 0 aliphatic carbocycles. The van der Waals surface area contributed by atoms with Crippen molar-refractivity contribution in [1.29, 1.82) is 0 Å². The largest absolute Gasteiger partial charge is 0.394 e. The number of carbonyl (C=O) groups excluding carboxylic acids is 3. The Bertz CT molecular complexity index is 1610. The molecule has 8 nitrogen and oxygen atoms in total. The first-order chi connectivity index (χ1) is 21.4. The van der Waals surface area contributed by atoms with E-state index >= 15 is 0 Å². The molecule has 3 amide bonds. The standard InChI is InChI=1S/C36H39N3O5/c1-24-17-30(20-34(42)38-22-27-11-3-2-10-26(27)19-29(38)23-40)44-36(24)31-13-4-5-14-32(31)39(35(36)43)21-25-9-8-12-28(18-25)37-16-7-6-15-33(37)41/h2-5,8-14,18,24,29-30,40H,6-7,15-17,19-23H2,1H3/t24-,29+,30-,36+/m1/s1. The summed E-state index contributed by atoms with van der Waals surface area (Å²) < 4.78 is 6.71. The molecule has 3 aromatic carbocycles. The van der Waals surface area contributed by atoms with E-state index in [0.717, 1.165) is 40.9 Å². The molecule has 0 aromatic heterocycles. The Morgan fingerprint density at radius 3 is 2.61 bits per heavy atom. The summed E-state index contributed by atoms with van der Waals surface area (Å²) in [6.45, 7) is 3.48. The van der Waals surface area contributed by atoms with Gasteiger partial charge in [0.15, 0.2) is 5.60 Å². The molecule has 1 spiro atoms. The van der Waals surface area contributed by atoms with E-state index in [-0.39, 0.29) is 42.7 Å². The van der Waals surface area contributed by atoms with E-state index in [1.807, 2.05) is 78.6 Å². The lowest BCUT2D eigenvalue weighted by Gasteiger charge is -2.36. The van der Waals surface area contributed by atoms with Crippen LogP contribution in [0.1, 0.15) is 61.3 Å². The Hall–Kier alpha value is -4.01. The Labute approximate surface area is 258 Å². The Kier molecular flexibility index (Phi) is 7.50. The minimum Gasteiger partial charge on any atom is -0.394 e. The fourth-order valence-electron chi connectivity index (χ4n) is 7.75. The monoisotopic (exact) mass is 593 g/mol. The van der Waals surface area contributed by atoms with Gasteiger partial charge in [0.05, 0.1) is 37.4 Å². The lowest BCUT2D eigenvalue weighted by Crippen LogP contribution is -2.47. The molecule has 2 fully saturated rings. The third kappa shape index (κ3) is 4.81. The van der Waals surface area contributed by atoms with Crippen LogP contribution in [0.4, 0.5) is 11.4 Å². The van der Waals surface area contributed by atoms with Gasteiger partial charge >= 0.3 is 0 Å². The third-order valence-electron chi connectivity index (χ3n) is 10.00. The summed E-state index contributed by atoms with van der Waals surface area (Å²) in [7, 11) is 0. The highest BCUT2D eigenvalue weighted by Crippen LogP contribution is 2.54. The molecule has 0 bridgehead atoms. The normalized spacial score (nSPS) is 26.3. The van der Waals surface area contributed by atoms with Crippen LogP contribution in [-0.4, -0.2) is 53.0 Å². The highest BCUT2D eigenvalue weighted by molar-refractivity contribution is 6.07. The first-order valence-corrected chi connectivity index (χ1v) is 15.8. The minimum atomic E-state index is -1.16. The lowest BCUT2D eigenvalue weighted by molar-refractivity contribution is -0.151. The number of aliphatic hydroxyl groups is 1. The van der Waals surface area contributed by atoms with Gasteiger partial charge in [0.25, 0.3) is 5.91 Å². The number of aliphatic hydroxyl groups excluding tert-OH is 1. The molecule has 44 heavy (non-hydrogen) atoms. The Morgan fingerprint density at radius 1 is 1.00 bits per heavy atom. The topological polar surface area (TPSA) is 90.4 Å². The molecule has 2 saturated heterocycles. The van der Waals surface area contributed by atoms with Crippen LogP contribution in [0.3, 0.4) is 0 Å².